The average Bonchev–Trinajstić information content (AvgIpc) is 2.60. The number of fused-ring (bicyclic) bond motifs is 1. The van der Waals surface area contributed by atoms with Crippen molar-refractivity contribution in [1.29, 1.82) is 0 Å². The van der Waals surface area contributed by atoms with E-state index in [2.05, 4.69) is 5.32 Å². The Labute approximate surface area is 154 Å². The van der Waals surface area contributed by atoms with Gasteiger partial charge in [-0.3, -0.25) is 4.79 Å². The lowest BCUT2D eigenvalue weighted by atomic mass is 10.0. The lowest BCUT2D eigenvalue weighted by molar-refractivity contribution is -0.193. The maximum Gasteiger partial charge on any atom is 0.224 e. The molecule has 0 spiro atoms. The molecule has 5 nitrogen and oxygen atoms in total. The third kappa shape index (κ3) is 4.72. The van der Waals surface area contributed by atoms with Crippen molar-refractivity contribution in [2.24, 2.45) is 0 Å². The van der Waals surface area contributed by atoms with Crippen LogP contribution in [0.4, 0.5) is 5.69 Å². The molecule has 0 radical (unpaired) electrons. The Hall–Kier alpha value is -2.08. The van der Waals surface area contributed by atoms with Crippen molar-refractivity contribution in [1.82, 2.24) is 5.06 Å². The molecule has 1 aliphatic heterocycles. The Morgan fingerprint density at radius 1 is 1.16 bits per heavy atom. The molecular weight excluding hydrogens is 340 g/mol. The highest BCUT2D eigenvalue weighted by Gasteiger charge is 2.22. The Balaban J connectivity index is 0.00000225. The molecule has 1 heterocycles. The van der Waals surface area contributed by atoms with Gasteiger partial charge in [-0.15, -0.1) is 17.5 Å². The summed E-state index contributed by atoms with van der Waals surface area (Å²) in [6.07, 6.45) is 1.29. The van der Waals surface area contributed by atoms with Gasteiger partial charge < -0.3 is 15.3 Å². The molecule has 1 amide bonds. The molecule has 0 saturated carbocycles. The van der Waals surface area contributed by atoms with Gasteiger partial charge in [0.1, 0.15) is 5.75 Å². The number of rotatable bonds is 6. The smallest absolute Gasteiger partial charge is 0.224 e. The third-order valence-corrected chi connectivity index (χ3v) is 4.14. The molecule has 0 aliphatic carbocycles. The quantitative estimate of drug-likeness (QED) is 0.602. The minimum absolute atomic E-state index is 0. The molecule has 0 fully saturated rings. The van der Waals surface area contributed by atoms with Crippen molar-refractivity contribution in [2.75, 3.05) is 5.32 Å². The molecule has 1 unspecified atom stereocenters. The van der Waals surface area contributed by atoms with Gasteiger partial charge in [-0.2, -0.15) is 0 Å². The summed E-state index contributed by atoms with van der Waals surface area (Å²) < 4.78 is 6.06. The largest absolute Gasteiger partial charge is 0.473 e. The lowest BCUT2D eigenvalue weighted by Gasteiger charge is -2.28. The first-order valence-electron chi connectivity index (χ1n) is 8.25. The van der Waals surface area contributed by atoms with Crippen LogP contribution < -0.4 is 10.1 Å². The van der Waals surface area contributed by atoms with Crippen LogP contribution in [0.5, 0.6) is 5.75 Å². The molecule has 2 N–H and O–H groups in total. The Morgan fingerprint density at radius 2 is 1.92 bits per heavy atom. The Morgan fingerprint density at radius 3 is 2.64 bits per heavy atom. The summed E-state index contributed by atoms with van der Waals surface area (Å²) in [4.78, 5) is 11.5. The monoisotopic (exact) mass is 362 g/mol. The topological polar surface area (TPSA) is 61.8 Å². The van der Waals surface area contributed by atoms with Crippen LogP contribution in [-0.2, 0) is 17.8 Å². The Bertz CT molecular complexity index is 709. The summed E-state index contributed by atoms with van der Waals surface area (Å²) in [5, 5.41) is 14.5. The van der Waals surface area contributed by atoms with E-state index in [1.807, 2.05) is 55.5 Å². The second kappa shape index (κ2) is 8.85. The molecule has 1 aliphatic rings. The number of nitrogens with zero attached hydrogens (tertiary/aromatic N) is 1. The minimum Gasteiger partial charge on any atom is -0.473 e. The third-order valence-electron chi connectivity index (χ3n) is 4.14. The van der Waals surface area contributed by atoms with Gasteiger partial charge in [0.05, 0.1) is 6.54 Å². The van der Waals surface area contributed by atoms with E-state index in [0.717, 1.165) is 16.8 Å². The SMILES string of the molecule is CCC(Oc1cccc2c1CCC(=O)N2)N(O)Cc1ccccc1.Cl. The van der Waals surface area contributed by atoms with E-state index in [9.17, 15) is 10.0 Å². The van der Waals surface area contributed by atoms with Crippen molar-refractivity contribution >= 4 is 24.0 Å². The van der Waals surface area contributed by atoms with E-state index >= 15 is 0 Å². The van der Waals surface area contributed by atoms with Crippen molar-refractivity contribution in [2.45, 2.75) is 39.0 Å². The first-order chi connectivity index (χ1) is 11.7. The van der Waals surface area contributed by atoms with E-state index in [4.69, 9.17) is 4.74 Å². The molecule has 6 heteroatoms. The number of anilines is 1. The summed E-state index contributed by atoms with van der Waals surface area (Å²) in [7, 11) is 0. The standard InChI is InChI=1S/C19H22N2O3.ClH/c1-2-19(21(23)13-14-7-4-3-5-8-14)24-17-10-6-9-16-15(17)11-12-18(22)20-16;/h3-10,19,23H,2,11-13H2,1H3,(H,20,22);1H. The number of amides is 1. The van der Waals surface area contributed by atoms with Gasteiger partial charge in [0, 0.05) is 17.7 Å². The number of benzene rings is 2. The van der Waals surface area contributed by atoms with Gasteiger partial charge in [0.2, 0.25) is 5.91 Å². The molecule has 0 aromatic heterocycles. The van der Waals surface area contributed by atoms with Crippen LogP contribution in [0.25, 0.3) is 0 Å². The highest BCUT2D eigenvalue weighted by Crippen LogP contribution is 2.32. The molecule has 2 aromatic carbocycles. The zero-order chi connectivity index (χ0) is 16.9. The predicted octanol–water partition coefficient (Wildman–Crippen LogP) is 4.00. The van der Waals surface area contributed by atoms with Gasteiger partial charge in [0.25, 0.3) is 0 Å². The summed E-state index contributed by atoms with van der Waals surface area (Å²) in [6.45, 7) is 2.36. The molecule has 1 atom stereocenters. The van der Waals surface area contributed by atoms with E-state index in [1.165, 1.54) is 5.06 Å². The normalized spacial score (nSPS) is 14.3. The fourth-order valence-electron chi connectivity index (χ4n) is 2.88. The van der Waals surface area contributed by atoms with Crippen molar-refractivity contribution in [3.05, 3.63) is 59.7 Å². The van der Waals surface area contributed by atoms with Crippen molar-refractivity contribution in [3.8, 4) is 5.75 Å². The maximum atomic E-state index is 11.5. The van der Waals surface area contributed by atoms with Crippen molar-refractivity contribution in [3.63, 3.8) is 0 Å². The molecule has 25 heavy (non-hydrogen) atoms. The molecule has 134 valence electrons. The van der Waals surface area contributed by atoms with E-state index in [1.54, 1.807) is 0 Å². The second-order valence-corrected chi connectivity index (χ2v) is 5.89. The van der Waals surface area contributed by atoms with Gasteiger partial charge in [-0.1, -0.05) is 43.3 Å². The fourth-order valence-corrected chi connectivity index (χ4v) is 2.88. The Kier molecular flexibility index (Phi) is 6.82. The van der Waals surface area contributed by atoms with Crippen LogP contribution in [0.2, 0.25) is 0 Å². The first kappa shape index (κ1) is 19.2. The zero-order valence-electron chi connectivity index (χ0n) is 14.1. The van der Waals surface area contributed by atoms with Crippen LogP contribution >= 0.6 is 12.4 Å². The number of halogens is 1. The molecule has 3 rings (SSSR count). The predicted molar refractivity (Wildman–Crippen MR) is 99.1 cm³/mol. The molecule has 0 bridgehead atoms. The summed E-state index contributed by atoms with van der Waals surface area (Å²) >= 11 is 0. The van der Waals surface area contributed by atoms with E-state index < -0.39 is 6.23 Å². The zero-order valence-corrected chi connectivity index (χ0v) is 15.0. The van der Waals surface area contributed by atoms with Gasteiger partial charge in [-0.05, 0) is 30.5 Å². The fraction of sp³-hybridized carbons (Fsp3) is 0.316. The van der Waals surface area contributed by atoms with E-state index in [0.29, 0.717) is 31.6 Å². The highest BCUT2D eigenvalue weighted by atomic mass is 35.5. The van der Waals surface area contributed by atoms with Gasteiger partial charge >= 0.3 is 0 Å². The summed E-state index contributed by atoms with van der Waals surface area (Å²) in [5.41, 5.74) is 2.80. The number of hydrogen-bond donors (Lipinski definition) is 2. The minimum atomic E-state index is -0.450. The van der Waals surface area contributed by atoms with Gasteiger partial charge in [-0.25, -0.2) is 0 Å². The number of hydroxylamine groups is 2. The second-order valence-electron chi connectivity index (χ2n) is 5.89. The lowest BCUT2D eigenvalue weighted by Crippen LogP contribution is -2.36. The highest BCUT2D eigenvalue weighted by molar-refractivity contribution is 5.94. The summed E-state index contributed by atoms with van der Waals surface area (Å²) in [6, 6.07) is 15.4. The van der Waals surface area contributed by atoms with Crippen LogP contribution in [0.3, 0.4) is 0 Å². The number of hydrogen-bond acceptors (Lipinski definition) is 4. The summed E-state index contributed by atoms with van der Waals surface area (Å²) in [5.74, 6) is 0.742. The number of ether oxygens (including phenoxy) is 1. The number of carbonyl (C=O) groups is 1. The van der Waals surface area contributed by atoms with Crippen LogP contribution in [0, 0.1) is 0 Å². The first-order valence-corrected chi connectivity index (χ1v) is 8.25. The number of nitrogens with one attached hydrogen (secondary N) is 1. The number of carbonyl (C=O) groups excluding carboxylic acids is 1. The average molecular weight is 363 g/mol. The molecular formula is C19H23ClN2O3. The van der Waals surface area contributed by atoms with Crippen molar-refractivity contribution < 1.29 is 14.7 Å². The molecule has 2 aromatic rings. The van der Waals surface area contributed by atoms with Crippen LogP contribution in [0.1, 0.15) is 30.9 Å². The van der Waals surface area contributed by atoms with Crippen LogP contribution in [0.15, 0.2) is 48.5 Å². The van der Waals surface area contributed by atoms with Gasteiger partial charge in [0.15, 0.2) is 6.23 Å². The molecule has 0 saturated heterocycles. The van der Waals surface area contributed by atoms with Crippen LogP contribution in [-0.4, -0.2) is 22.4 Å². The maximum absolute atomic E-state index is 11.5. The van der Waals surface area contributed by atoms with E-state index in [-0.39, 0.29) is 18.3 Å².